The first-order chi connectivity index (χ1) is 13.4. The predicted octanol–water partition coefficient (Wildman–Crippen LogP) is 4.00. The Hall–Kier alpha value is -3.26. The summed E-state index contributed by atoms with van der Waals surface area (Å²) in [5.41, 5.74) is 5.03. The summed E-state index contributed by atoms with van der Waals surface area (Å²) in [5.74, 6) is 0.544. The van der Waals surface area contributed by atoms with Crippen LogP contribution < -0.4 is 5.32 Å². The van der Waals surface area contributed by atoms with Gasteiger partial charge >= 0.3 is 0 Å². The topological polar surface area (TPSA) is 77.6 Å². The van der Waals surface area contributed by atoms with Crippen LogP contribution in [0, 0.1) is 27.7 Å². The van der Waals surface area contributed by atoms with Crippen molar-refractivity contribution in [1.29, 1.82) is 0 Å². The molecule has 142 valence electrons. The molecule has 1 N–H and O–H groups in total. The van der Waals surface area contributed by atoms with E-state index in [4.69, 9.17) is 0 Å². The highest BCUT2D eigenvalue weighted by Crippen LogP contribution is 2.23. The molecule has 8 heteroatoms. The number of nitrogens with zero attached hydrogens (tertiary/aromatic N) is 5. The maximum absolute atomic E-state index is 12.8. The molecule has 0 aliphatic rings. The number of hydrogen-bond acceptors (Lipinski definition) is 5. The Labute approximate surface area is 166 Å². The van der Waals surface area contributed by atoms with E-state index >= 15 is 0 Å². The number of hydrogen-bond donors (Lipinski definition) is 1. The number of thiazole rings is 1. The Morgan fingerprint density at radius 2 is 1.89 bits per heavy atom. The van der Waals surface area contributed by atoms with Gasteiger partial charge in [0.25, 0.3) is 5.91 Å². The minimum atomic E-state index is -0.170. The lowest BCUT2D eigenvalue weighted by Gasteiger charge is -2.08. The van der Waals surface area contributed by atoms with E-state index in [0.29, 0.717) is 17.1 Å². The maximum atomic E-state index is 12.8. The van der Waals surface area contributed by atoms with Crippen LogP contribution in [0.4, 0.5) is 5.69 Å². The molecule has 0 aliphatic carbocycles. The summed E-state index contributed by atoms with van der Waals surface area (Å²) in [4.78, 5) is 21.6. The van der Waals surface area contributed by atoms with Crippen molar-refractivity contribution in [3.63, 3.8) is 0 Å². The first-order valence-corrected chi connectivity index (χ1v) is 9.72. The largest absolute Gasteiger partial charge is 0.321 e. The van der Waals surface area contributed by atoms with E-state index in [1.165, 1.54) is 11.3 Å². The van der Waals surface area contributed by atoms with Crippen LogP contribution in [-0.4, -0.2) is 30.2 Å². The number of anilines is 1. The van der Waals surface area contributed by atoms with Crippen molar-refractivity contribution < 1.29 is 4.79 Å². The van der Waals surface area contributed by atoms with Gasteiger partial charge in [-0.3, -0.25) is 9.36 Å². The second-order valence-corrected chi connectivity index (χ2v) is 7.51. The molecule has 0 aliphatic heterocycles. The van der Waals surface area contributed by atoms with Crippen molar-refractivity contribution >= 4 is 22.9 Å². The van der Waals surface area contributed by atoms with E-state index in [9.17, 15) is 4.79 Å². The minimum Gasteiger partial charge on any atom is -0.321 e. The molecule has 0 unspecified atom stereocenters. The molecule has 0 spiro atoms. The zero-order valence-corrected chi connectivity index (χ0v) is 16.9. The molecule has 4 aromatic rings. The Balaban J connectivity index is 1.56. The maximum Gasteiger partial charge on any atom is 0.257 e. The van der Waals surface area contributed by atoms with Crippen LogP contribution >= 0.6 is 11.3 Å². The second kappa shape index (κ2) is 7.05. The summed E-state index contributed by atoms with van der Waals surface area (Å²) in [5, 5.41) is 10.1. The van der Waals surface area contributed by atoms with Crippen LogP contribution in [0.25, 0.3) is 10.9 Å². The number of rotatable bonds is 4. The van der Waals surface area contributed by atoms with Crippen molar-refractivity contribution in [3.05, 3.63) is 70.4 Å². The minimum absolute atomic E-state index is 0.170. The molecule has 0 saturated heterocycles. The van der Waals surface area contributed by atoms with E-state index in [-0.39, 0.29) is 5.91 Å². The fourth-order valence-electron chi connectivity index (χ4n) is 3.26. The zero-order valence-electron chi connectivity index (χ0n) is 16.1. The highest BCUT2D eigenvalue weighted by atomic mass is 32.1. The third-order valence-corrected chi connectivity index (χ3v) is 5.28. The number of amides is 1. The van der Waals surface area contributed by atoms with Crippen molar-refractivity contribution in [2.45, 2.75) is 27.7 Å². The predicted molar refractivity (Wildman–Crippen MR) is 110 cm³/mol. The van der Waals surface area contributed by atoms with Gasteiger partial charge in [0.2, 0.25) is 0 Å². The quantitative estimate of drug-likeness (QED) is 0.569. The first kappa shape index (κ1) is 18.1. The lowest BCUT2D eigenvalue weighted by atomic mass is 10.2. The molecule has 0 bridgehead atoms. The van der Waals surface area contributed by atoms with Crippen LogP contribution in [-0.2, 0) is 0 Å². The fraction of sp³-hybridized carbons (Fsp3) is 0.200. The molecule has 28 heavy (non-hydrogen) atoms. The Morgan fingerprint density at radius 3 is 2.50 bits per heavy atom. The highest BCUT2D eigenvalue weighted by molar-refractivity contribution is 7.12. The molecule has 0 radical (unpaired) electrons. The summed E-state index contributed by atoms with van der Waals surface area (Å²) in [6, 6.07) is 7.55. The van der Waals surface area contributed by atoms with Gasteiger partial charge in [-0.15, -0.1) is 11.3 Å². The van der Waals surface area contributed by atoms with Crippen LogP contribution in [0.1, 0.15) is 33.1 Å². The van der Waals surface area contributed by atoms with Gasteiger partial charge < -0.3 is 5.32 Å². The summed E-state index contributed by atoms with van der Waals surface area (Å²) >= 11 is 1.54. The number of nitrogens with one attached hydrogen (secondary N) is 1. The molecule has 4 heterocycles. The lowest BCUT2D eigenvalue weighted by molar-refractivity contribution is 0.102. The Bertz CT molecular complexity index is 1140. The first-order valence-electron chi connectivity index (χ1n) is 8.84. The summed E-state index contributed by atoms with van der Waals surface area (Å²) in [6.45, 7) is 7.82. The summed E-state index contributed by atoms with van der Waals surface area (Å²) in [7, 11) is 0. The SMILES string of the molecule is Cc1cc(C)n(-c2ccc(NC(=O)c3cc(C)n(-c4nccs4)c3C)cn2)n1. The standard InChI is InChI=1S/C20H20N6OS/c1-12-9-14(3)26(24-12)18-6-5-16(11-22-18)23-19(27)17-10-13(2)25(15(17)4)20-21-7-8-28-20/h5-11H,1-4H3,(H,23,27). The van der Waals surface area contributed by atoms with Crippen LogP contribution in [0.2, 0.25) is 0 Å². The van der Waals surface area contributed by atoms with Gasteiger partial charge in [0, 0.05) is 28.7 Å². The van der Waals surface area contributed by atoms with Crippen molar-refractivity contribution in [2.75, 3.05) is 5.32 Å². The molecule has 0 saturated carbocycles. The third-order valence-electron chi connectivity index (χ3n) is 4.52. The smallest absolute Gasteiger partial charge is 0.257 e. The molecular formula is C20H20N6OS. The van der Waals surface area contributed by atoms with Crippen molar-refractivity contribution in [3.8, 4) is 10.9 Å². The summed E-state index contributed by atoms with van der Waals surface area (Å²) in [6.07, 6.45) is 3.40. The average molecular weight is 392 g/mol. The molecule has 7 nitrogen and oxygen atoms in total. The van der Waals surface area contributed by atoms with Crippen LogP contribution in [0.5, 0.6) is 0 Å². The molecule has 4 rings (SSSR count). The van der Waals surface area contributed by atoms with E-state index < -0.39 is 0 Å². The van der Waals surface area contributed by atoms with Gasteiger partial charge in [0.15, 0.2) is 10.9 Å². The van der Waals surface area contributed by atoms with Gasteiger partial charge in [-0.25, -0.2) is 14.6 Å². The zero-order chi connectivity index (χ0) is 19.8. The van der Waals surface area contributed by atoms with E-state index in [1.54, 1.807) is 17.1 Å². The van der Waals surface area contributed by atoms with Gasteiger partial charge in [-0.2, -0.15) is 5.10 Å². The highest BCUT2D eigenvalue weighted by Gasteiger charge is 2.18. The molecule has 0 aromatic carbocycles. The Kier molecular flexibility index (Phi) is 4.56. The van der Waals surface area contributed by atoms with Gasteiger partial charge in [-0.05, 0) is 52.0 Å². The molecule has 0 fully saturated rings. The number of aryl methyl sites for hydroxylation is 3. The number of aromatic nitrogens is 5. The Morgan fingerprint density at radius 1 is 1.07 bits per heavy atom. The van der Waals surface area contributed by atoms with Gasteiger partial charge in [0.05, 0.1) is 23.1 Å². The fourth-order valence-corrected chi connectivity index (χ4v) is 4.01. The molecule has 0 atom stereocenters. The van der Waals surface area contributed by atoms with Gasteiger partial charge in [0.1, 0.15) is 0 Å². The normalized spacial score (nSPS) is 11.0. The molecular weight excluding hydrogens is 372 g/mol. The van der Waals surface area contributed by atoms with Crippen LogP contribution in [0.15, 0.2) is 42.0 Å². The number of carbonyl (C=O) groups is 1. The van der Waals surface area contributed by atoms with E-state index in [1.807, 2.05) is 61.9 Å². The van der Waals surface area contributed by atoms with E-state index in [0.717, 1.165) is 27.9 Å². The van der Waals surface area contributed by atoms with Crippen LogP contribution in [0.3, 0.4) is 0 Å². The van der Waals surface area contributed by atoms with Crippen molar-refractivity contribution in [1.82, 2.24) is 24.3 Å². The van der Waals surface area contributed by atoms with Crippen molar-refractivity contribution in [2.24, 2.45) is 0 Å². The molecule has 1 amide bonds. The molecule has 4 aromatic heterocycles. The average Bonchev–Trinajstić information content (AvgIpc) is 3.36. The lowest BCUT2D eigenvalue weighted by Crippen LogP contribution is -2.13. The summed E-state index contributed by atoms with van der Waals surface area (Å²) < 4.78 is 3.77. The second-order valence-electron chi connectivity index (χ2n) is 6.63. The van der Waals surface area contributed by atoms with Gasteiger partial charge in [-0.1, -0.05) is 0 Å². The number of pyridine rings is 1. The third kappa shape index (κ3) is 3.22. The van der Waals surface area contributed by atoms with E-state index in [2.05, 4.69) is 20.4 Å². The number of carbonyl (C=O) groups excluding carboxylic acids is 1. The monoisotopic (exact) mass is 392 g/mol.